The highest BCUT2D eigenvalue weighted by Crippen LogP contribution is 2.38. The second-order valence-corrected chi connectivity index (χ2v) is 10.8. The molecule has 2 bridgehead atoms. The van der Waals surface area contributed by atoms with Crippen LogP contribution in [0.1, 0.15) is 18.1 Å². The van der Waals surface area contributed by atoms with Crippen LogP contribution in [0.25, 0.3) is 10.4 Å². The predicted molar refractivity (Wildman–Crippen MR) is 155 cm³/mol. The van der Waals surface area contributed by atoms with E-state index in [1.165, 1.54) is 6.92 Å². The summed E-state index contributed by atoms with van der Waals surface area (Å²) in [5.74, 6) is -1.59. The zero-order chi connectivity index (χ0) is 32.6. The molecular formula is C30H32ClN3O12. The third-order valence-corrected chi connectivity index (χ3v) is 7.63. The van der Waals surface area contributed by atoms with Crippen molar-refractivity contribution in [3.05, 3.63) is 82.2 Å². The van der Waals surface area contributed by atoms with E-state index < -0.39 is 78.7 Å². The van der Waals surface area contributed by atoms with E-state index >= 15 is 0 Å². The molecule has 15 nitrogen and oxygen atoms in total. The summed E-state index contributed by atoms with van der Waals surface area (Å²) in [6.07, 6.45) is -11.0. The van der Waals surface area contributed by atoms with Gasteiger partial charge in [-0.3, -0.25) is 4.79 Å². The Balaban J connectivity index is 1.53. The highest BCUT2D eigenvalue weighted by atomic mass is 35.5. The Labute approximate surface area is 268 Å². The Morgan fingerprint density at radius 1 is 0.891 bits per heavy atom. The van der Waals surface area contributed by atoms with Crippen molar-refractivity contribution in [1.29, 1.82) is 0 Å². The van der Waals surface area contributed by atoms with Gasteiger partial charge in [0, 0.05) is 23.4 Å². The van der Waals surface area contributed by atoms with Crippen LogP contribution >= 0.6 is 11.6 Å². The van der Waals surface area contributed by atoms with E-state index in [2.05, 4.69) is 10.0 Å². The summed E-state index contributed by atoms with van der Waals surface area (Å²) in [4.78, 5) is 40.2. The molecule has 0 radical (unpaired) electrons. The van der Waals surface area contributed by atoms with Crippen molar-refractivity contribution >= 4 is 29.0 Å². The summed E-state index contributed by atoms with van der Waals surface area (Å²) in [7, 11) is 1.13. The van der Waals surface area contributed by atoms with Crippen molar-refractivity contribution in [2.24, 2.45) is 5.11 Å². The van der Waals surface area contributed by atoms with Crippen molar-refractivity contribution in [3.8, 4) is 0 Å². The van der Waals surface area contributed by atoms with Gasteiger partial charge in [0.15, 0.2) is 24.8 Å². The number of esters is 2. The molecule has 0 saturated carbocycles. The Morgan fingerprint density at radius 3 is 2.09 bits per heavy atom. The topological polar surface area (TPSA) is 183 Å². The van der Waals surface area contributed by atoms with E-state index in [1.807, 2.05) is 60.7 Å². The van der Waals surface area contributed by atoms with Crippen molar-refractivity contribution in [2.45, 2.75) is 81.5 Å². The highest BCUT2D eigenvalue weighted by Gasteiger charge is 2.58. The van der Waals surface area contributed by atoms with Crippen molar-refractivity contribution in [3.63, 3.8) is 0 Å². The lowest BCUT2D eigenvalue weighted by Crippen LogP contribution is -2.65. The number of rotatable bonds is 12. The first-order valence-corrected chi connectivity index (χ1v) is 14.7. The van der Waals surface area contributed by atoms with E-state index in [0.717, 1.165) is 18.2 Å². The minimum Gasteiger partial charge on any atom is -0.467 e. The summed E-state index contributed by atoms with van der Waals surface area (Å²) in [6, 6.07) is 17.2. The number of azide groups is 1. The number of halogens is 1. The normalized spacial score (nSPS) is 31.7. The molecule has 3 saturated heterocycles. The molecule has 3 aliphatic heterocycles. The Bertz CT molecular complexity index is 1400. The molecule has 0 aliphatic carbocycles. The van der Waals surface area contributed by atoms with Gasteiger partial charge in [-0.05, 0) is 16.7 Å². The van der Waals surface area contributed by atoms with Crippen LogP contribution in [0.2, 0.25) is 0 Å². The molecule has 0 unspecified atom stereocenters. The number of hydrogen-bond donors (Lipinski definition) is 0. The fourth-order valence-corrected chi connectivity index (χ4v) is 5.64. The predicted octanol–water partition coefficient (Wildman–Crippen LogP) is 3.55. The molecule has 3 aliphatic rings. The molecule has 5 rings (SSSR count). The van der Waals surface area contributed by atoms with Crippen LogP contribution in [0.3, 0.4) is 0 Å². The summed E-state index contributed by atoms with van der Waals surface area (Å²) in [5.41, 5.74) is 9.56. The van der Waals surface area contributed by atoms with Crippen LogP contribution in [-0.4, -0.2) is 92.4 Å². The van der Waals surface area contributed by atoms with E-state index in [1.54, 1.807) is 0 Å². The number of carbonyl (C=O) groups excluding carboxylic acids is 3. The lowest BCUT2D eigenvalue weighted by Gasteiger charge is -2.46. The fraction of sp³-hybridized carbons (Fsp3) is 0.500. The quantitative estimate of drug-likeness (QED) is 0.0806. The van der Waals surface area contributed by atoms with E-state index in [9.17, 15) is 19.9 Å². The molecule has 10 atom stereocenters. The van der Waals surface area contributed by atoms with Gasteiger partial charge in [-0.1, -0.05) is 65.8 Å². The van der Waals surface area contributed by atoms with Gasteiger partial charge in [-0.25, -0.2) is 9.59 Å². The average Bonchev–Trinajstić information content (AvgIpc) is 3.49. The van der Waals surface area contributed by atoms with Crippen LogP contribution in [0, 0.1) is 0 Å². The number of benzene rings is 2. The van der Waals surface area contributed by atoms with E-state index in [-0.39, 0.29) is 19.8 Å². The van der Waals surface area contributed by atoms with E-state index in [0.29, 0.717) is 0 Å². The molecule has 2 aromatic rings. The third kappa shape index (κ3) is 7.94. The third-order valence-electron chi connectivity index (χ3n) is 7.55. The number of nitrogens with zero attached hydrogens (tertiary/aromatic N) is 3. The van der Waals surface area contributed by atoms with Gasteiger partial charge in [-0.15, -0.1) is 0 Å². The van der Waals surface area contributed by atoms with Gasteiger partial charge < -0.3 is 42.6 Å². The Morgan fingerprint density at radius 2 is 1.52 bits per heavy atom. The number of carbonyl (C=O) groups is 3. The molecule has 0 N–H and O–H groups in total. The lowest BCUT2D eigenvalue weighted by molar-refractivity contribution is -0.337. The average molecular weight is 662 g/mol. The maximum Gasteiger partial charge on any atom is 0.404 e. The molecule has 16 heteroatoms. The summed E-state index contributed by atoms with van der Waals surface area (Å²) in [6.45, 7) is 1.23. The van der Waals surface area contributed by atoms with Crippen LogP contribution in [-0.2, 0) is 65.4 Å². The standard InChI is InChI=1S/C30H32ClN3O12/c1-16(35)42-22-20(33-34-32)28-41-15-19(43-28)21(22)44-29-26(40-14-18-11-7-4-8-12-18)23(39-13-17-9-5-3-6-10-17)24(46-30(31)37)25(45-29)27(36)38-2/h3-12,19-26,28-29H,13-15H2,1-2H3/t19-,20-,21-,22-,23+,24+,25+,26-,28-,29-/m1/s1. The number of hydrogen-bond acceptors (Lipinski definition) is 13. The zero-order valence-corrected chi connectivity index (χ0v) is 25.5. The first-order valence-electron chi connectivity index (χ1n) is 14.3. The molecule has 246 valence electrons. The SMILES string of the molecule is COC(=O)[C@H]1O[C@@H](O[C@H]2[C@H](OC(C)=O)[C@@H](N=[N+]=[N-])[C@@H]3OC[C@H]2O3)[C@H](OCc2ccccc2)[C@@H](OCc2ccccc2)[C@@H]1OC(=O)Cl. The smallest absolute Gasteiger partial charge is 0.404 e. The minimum atomic E-state index is -1.59. The molecule has 2 aromatic carbocycles. The molecule has 0 spiro atoms. The molecule has 3 fully saturated rings. The Hall–Kier alpha value is -3.79. The van der Waals surface area contributed by atoms with Gasteiger partial charge in [-0.2, -0.15) is 0 Å². The van der Waals surface area contributed by atoms with Gasteiger partial charge >= 0.3 is 17.4 Å². The molecule has 46 heavy (non-hydrogen) atoms. The zero-order valence-electron chi connectivity index (χ0n) is 24.8. The first-order chi connectivity index (χ1) is 22.3. The molecule has 0 aromatic heterocycles. The number of fused-ring (bicyclic) bond motifs is 2. The second kappa shape index (κ2) is 15.7. The second-order valence-electron chi connectivity index (χ2n) is 10.5. The largest absolute Gasteiger partial charge is 0.467 e. The summed E-state index contributed by atoms with van der Waals surface area (Å²) >= 11 is 5.66. The van der Waals surface area contributed by atoms with Crippen molar-refractivity contribution in [2.75, 3.05) is 13.7 Å². The van der Waals surface area contributed by atoms with Crippen molar-refractivity contribution in [1.82, 2.24) is 0 Å². The van der Waals surface area contributed by atoms with Gasteiger partial charge in [0.2, 0.25) is 0 Å². The highest BCUT2D eigenvalue weighted by molar-refractivity contribution is 6.61. The van der Waals surface area contributed by atoms with Crippen LogP contribution < -0.4 is 0 Å². The fourth-order valence-electron chi connectivity index (χ4n) is 5.54. The number of methoxy groups -OCH3 is 1. The molecule has 3 heterocycles. The maximum absolute atomic E-state index is 13.1. The molecular weight excluding hydrogens is 630 g/mol. The molecule has 0 amide bonds. The van der Waals surface area contributed by atoms with Crippen LogP contribution in [0.15, 0.2) is 65.8 Å². The van der Waals surface area contributed by atoms with Gasteiger partial charge in [0.05, 0.1) is 26.9 Å². The van der Waals surface area contributed by atoms with Crippen LogP contribution in [0.5, 0.6) is 0 Å². The lowest BCUT2D eigenvalue weighted by atomic mass is 9.96. The monoisotopic (exact) mass is 661 g/mol. The first kappa shape index (κ1) is 33.6. The number of ether oxygens (including phenoxy) is 9. The van der Waals surface area contributed by atoms with E-state index in [4.69, 9.17) is 54.2 Å². The minimum absolute atomic E-state index is 0.00731. The summed E-state index contributed by atoms with van der Waals surface area (Å²) in [5, 5.41) is 3.74. The van der Waals surface area contributed by atoms with Crippen molar-refractivity contribution < 1.29 is 57.0 Å². The Kier molecular flexibility index (Phi) is 11.4. The maximum atomic E-state index is 13.1. The van der Waals surface area contributed by atoms with Gasteiger partial charge in [0.25, 0.3) is 0 Å². The van der Waals surface area contributed by atoms with Crippen LogP contribution in [0.4, 0.5) is 4.79 Å². The summed E-state index contributed by atoms with van der Waals surface area (Å²) < 4.78 is 52.7. The van der Waals surface area contributed by atoms with Gasteiger partial charge in [0.1, 0.15) is 36.6 Å².